The summed E-state index contributed by atoms with van der Waals surface area (Å²) in [6, 6.07) is 0. The van der Waals surface area contributed by atoms with E-state index in [0.717, 1.165) is 0 Å². The minimum atomic E-state index is -0.935. The van der Waals surface area contributed by atoms with Crippen molar-refractivity contribution in [2.75, 3.05) is 14.1 Å². The Labute approximate surface area is 102 Å². The van der Waals surface area contributed by atoms with Gasteiger partial charge in [-0.2, -0.15) is 0 Å². The molecule has 1 N–H and O–H groups in total. The molecule has 1 atom stereocenters. The van der Waals surface area contributed by atoms with Gasteiger partial charge in [-0.25, -0.2) is 9.59 Å². The first-order valence-corrected chi connectivity index (χ1v) is 5.01. The monoisotopic (exact) mass is 243 g/mol. The quantitative estimate of drug-likeness (QED) is 0.462. The largest absolute Gasteiger partial charge is 0.478 e. The highest BCUT2D eigenvalue weighted by Crippen LogP contribution is 1.99. The maximum atomic E-state index is 10.9. The van der Waals surface area contributed by atoms with Crippen molar-refractivity contribution in [2.24, 2.45) is 0 Å². The molecule has 0 amide bonds. The summed E-state index contributed by atoms with van der Waals surface area (Å²) in [5.41, 5.74) is 0.605. The molecule has 0 aliphatic rings. The molecule has 0 fully saturated rings. The lowest BCUT2D eigenvalue weighted by atomic mass is 10.4. The molecule has 0 bridgehead atoms. The van der Waals surface area contributed by atoms with Crippen LogP contribution in [0.25, 0.3) is 0 Å². The molecule has 98 valence electrons. The zero-order valence-electron chi connectivity index (χ0n) is 11.1. The number of hydrogen-bond donors (Lipinski definition) is 1. The molecule has 0 rings (SSSR count). The van der Waals surface area contributed by atoms with E-state index in [1.165, 1.54) is 6.92 Å². The number of carboxylic acids is 1. The van der Waals surface area contributed by atoms with Crippen molar-refractivity contribution in [1.29, 1.82) is 0 Å². The zero-order valence-corrected chi connectivity index (χ0v) is 11.1. The molecule has 17 heavy (non-hydrogen) atoms. The summed E-state index contributed by atoms with van der Waals surface area (Å²) in [7, 11) is 3.69. The lowest BCUT2D eigenvalue weighted by Crippen LogP contribution is -2.30. The van der Waals surface area contributed by atoms with Crippen LogP contribution in [0.1, 0.15) is 20.8 Å². The number of nitrogens with zero attached hydrogens (tertiary/aromatic N) is 1. The normalized spacial score (nSPS) is 10.9. The molecule has 0 saturated carbocycles. The number of carbonyl (C=O) groups excluding carboxylic acids is 1. The van der Waals surface area contributed by atoms with Crippen LogP contribution in [0.2, 0.25) is 0 Å². The highest BCUT2D eigenvalue weighted by atomic mass is 16.6. The first-order chi connectivity index (χ1) is 7.59. The Hall–Kier alpha value is -1.62. The summed E-state index contributed by atoms with van der Waals surface area (Å²) in [5, 5.41) is 7.89. The highest BCUT2D eigenvalue weighted by Gasteiger charge is 2.10. The molecule has 5 nitrogen and oxygen atoms in total. The summed E-state index contributed by atoms with van der Waals surface area (Å²) < 4.78 is 4.96. The van der Waals surface area contributed by atoms with Gasteiger partial charge in [0.1, 0.15) is 0 Å². The molecule has 0 aliphatic carbocycles. The predicted octanol–water partition coefficient (Wildman–Crippen LogP) is 1.66. The molecule has 0 saturated heterocycles. The van der Waals surface area contributed by atoms with Crippen LogP contribution < -0.4 is 0 Å². The smallest absolute Gasteiger partial charge is 0.334 e. The Kier molecular flexibility index (Phi) is 8.91. The van der Waals surface area contributed by atoms with Crippen LogP contribution in [0.15, 0.2) is 24.3 Å². The third-order valence-corrected chi connectivity index (χ3v) is 1.72. The Morgan fingerprint density at radius 2 is 1.53 bits per heavy atom. The molecule has 0 aliphatic heterocycles. The molecular weight excluding hydrogens is 222 g/mol. The van der Waals surface area contributed by atoms with E-state index in [1.807, 2.05) is 14.1 Å². The van der Waals surface area contributed by atoms with E-state index in [0.29, 0.717) is 5.57 Å². The maximum absolute atomic E-state index is 10.9. The summed E-state index contributed by atoms with van der Waals surface area (Å²) >= 11 is 0. The first-order valence-electron chi connectivity index (χ1n) is 5.01. The standard InChI is InChI=1S/C8H15NO2.C4H6O2/c1-6(2)8(10)11-7(3)9(4)5;1-3(2)4(5)6/h7H,1H2,2-5H3;1H2,2H3,(H,5,6). The lowest BCUT2D eigenvalue weighted by Gasteiger charge is -2.19. The SMILES string of the molecule is C=C(C)C(=O)O.C=C(C)C(=O)OC(C)N(C)C. The minimum absolute atomic E-state index is 0.176. The first kappa shape index (κ1) is 17.8. The molecule has 1 unspecified atom stereocenters. The zero-order chi connectivity index (χ0) is 14.2. The number of carboxylic acid groups (broad SMARTS) is 1. The van der Waals surface area contributed by atoms with Gasteiger partial charge in [0, 0.05) is 11.1 Å². The number of esters is 1. The van der Waals surface area contributed by atoms with Crippen LogP contribution >= 0.6 is 0 Å². The van der Waals surface area contributed by atoms with Gasteiger partial charge < -0.3 is 9.84 Å². The summed E-state index contributed by atoms with van der Waals surface area (Å²) in [6.07, 6.45) is -0.195. The molecular formula is C12H21NO4. The van der Waals surface area contributed by atoms with Crippen LogP contribution in [0.3, 0.4) is 0 Å². The van der Waals surface area contributed by atoms with Crippen molar-refractivity contribution in [3.63, 3.8) is 0 Å². The topological polar surface area (TPSA) is 66.8 Å². The average molecular weight is 243 g/mol. The maximum Gasteiger partial charge on any atom is 0.334 e. The Morgan fingerprint density at radius 3 is 1.71 bits per heavy atom. The number of carbonyl (C=O) groups is 2. The van der Waals surface area contributed by atoms with Crippen molar-refractivity contribution in [3.05, 3.63) is 24.3 Å². The van der Waals surface area contributed by atoms with E-state index in [1.54, 1.807) is 18.7 Å². The van der Waals surface area contributed by atoms with Gasteiger partial charge in [0.05, 0.1) is 0 Å². The fourth-order valence-corrected chi connectivity index (χ4v) is 0.361. The number of aliphatic carboxylic acids is 1. The molecule has 0 aromatic rings. The van der Waals surface area contributed by atoms with Crippen molar-refractivity contribution in [1.82, 2.24) is 4.90 Å². The summed E-state index contributed by atoms with van der Waals surface area (Å²) in [6.45, 7) is 11.5. The fourth-order valence-electron chi connectivity index (χ4n) is 0.361. The van der Waals surface area contributed by atoms with Crippen LogP contribution in [-0.4, -0.2) is 42.3 Å². The third kappa shape index (κ3) is 10.7. The van der Waals surface area contributed by atoms with Gasteiger partial charge in [0.15, 0.2) is 6.23 Å². The fraction of sp³-hybridized carbons (Fsp3) is 0.500. The van der Waals surface area contributed by atoms with E-state index < -0.39 is 5.97 Å². The second-order valence-electron chi connectivity index (χ2n) is 3.83. The van der Waals surface area contributed by atoms with E-state index in [9.17, 15) is 9.59 Å². The minimum Gasteiger partial charge on any atom is -0.478 e. The van der Waals surface area contributed by atoms with Crippen molar-refractivity contribution in [2.45, 2.75) is 27.0 Å². The van der Waals surface area contributed by atoms with Crippen LogP contribution in [0, 0.1) is 0 Å². The lowest BCUT2D eigenvalue weighted by molar-refractivity contribution is -0.150. The Morgan fingerprint density at radius 1 is 1.18 bits per heavy atom. The van der Waals surface area contributed by atoms with Crippen LogP contribution in [0.5, 0.6) is 0 Å². The van der Waals surface area contributed by atoms with E-state index in [2.05, 4.69) is 13.2 Å². The van der Waals surface area contributed by atoms with Gasteiger partial charge in [-0.15, -0.1) is 0 Å². The van der Waals surface area contributed by atoms with Gasteiger partial charge in [0.2, 0.25) is 0 Å². The summed E-state index contributed by atoms with van der Waals surface area (Å²) in [4.78, 5) is 22.3. The number of hydrogen-bond acceptors (Lipinski definition) is 4. The molecule has 5 heteroatoms. The Bertz CT molecular complexity index is 296. The van der Waals surface area contributed by atoms with Crippen LogP contribution in [0.4, 0.5) is 0 Å². The number of ether oxygens (including phenoxy) is 1. The van der Waals surface area contributed by atoms with Gasteiger partial charge in [-0.05, 0) is 34.9 Å². The van der Waals surface area contributed by atoms with E-state index in [-0.39, 0.29) is 17.8 Å². The van der Waals surface area contributed by atoms with Gasteiger partial charge in [0.25, 0.3) is 0 Å². The van der Waals surface area contributed by atoms with Gasteiger partial charge in [-0.3, -0.25) is 4.90 Å². The molecule has 0 radical (unpaired) electrons. The van der Waals surface area contributed by atoms with Gasteiger partial charge >= 0.3 is 11.9 Å². The Balaban J connectivity index is 0. The predicted molar refractivity (Wildman–Crippen MR) is 66.5 cm³/mol. The second-order valence-corrected chi connectivity index (χ2v) is 3.83. The van der Waals surface area contributed by atoms with Crippen molar-refractivity contribution >= 4 is 11.9 Å². The van der Waals surface area contributed by atoms with Crippen molar-refractivity contribution in [3.8, 4) is 0 Å². The third-order valence-electron chi connectivity index (χ3n) is 1.72. The molecule has 0 heterocycles. The molecule has 0 aromatic heterocycles. The van der Waals surface area contributed by atoms with Crippen LogP contribution in [-0.2, 0) is 14.3 Å². The highest BCUT2D eigenvalue weighted by molar-refractivity contribution is 5.87. The van der Waals surface area contributed by atoms with Crippen molar-refractivity contribution < 1.29 is 19.4 Å². The van der Waals surface area contributed by atoms with E-state index >= 15 is 0 Å². The molecule has 0 spiro atoms. The van der Waals surface area contributed by atoms with Gasteiger partial charge in [-0.1, -0.05) is 13.2 Å². The average Bonchev–Trinajstić information content (AvgIpc) is 2.17. The number of rotatable bonds is 4. The molecule has 0 aromatic carbocycles. The van der Waals surface area contributed by atoms with E-state index in [4.69, 9.17) is 9.84 Å². The second kappa shape index (κ2) is 8.52. The summed E-state index contributed by atoms with van der Waals surface area (Å²) in [5.74, 6) is -1.28.